The van der Waals surface area contributed by atoms with Crippen molar-refractivity contribution < 1.29 is 19.1 Å². The molecule has 154 valence electrons. The van der Waals surface area contributed by atoms with Gasteiger partial charge < -0.3 is 15.4 Å². The van der Waals surface area contributed by atoms with Crippen LogP contribution in [0, 0.1) is 5.92 Å². The molecule has 29 heavy (non-hydrogen) atoms. The Kier molecular flexibility index (Phi) is 4.45. The predicted molar refractivity (Wildman–Crippen MR) is 104 cm³/mol. The van der Waals surface area contributed by atoms with Crippen LogP contribution >= 0.6 is 0 Å². The highest BCUT2D eigenvalue weighted by atomic mass is 16.5. The number of rotatable bonds is 4. The summed E-state index contributed by atoms with van der Waals surface area (Å²) in [6.45, 7) is 4.07. The van der Waals surface area contributed by atoms with Gasteiger partial charge >= 0.3 is 0 Å². The molecule has 0 aromatic heterocycles. The number of piperidine rings is 1. The Balaban J connectivity index is 1.36. The highest BCUT2D eigenvalue weighted by molar-refractivity contribution is 6.05. The summed E-state index contributed by atoms with van der Waals surface area (Å²) in [6, 6.07) is 5.34. The van der Waals surface area contributed by atoms with Crippen LogP contribution in [0.4, 0.5) is 0 Å². The molecule has 3 fully saturated rings. The molecular formula is C21H26N4O4. The van der Waals surface area contributed by atoms with Crippen molar-refractivity contribution in [1.82, 2.24) is 15.1 Å². The summed E-state index contributed by atoms with van der Waals surface area (Å²) in [7, 11) is 0. The number of hydrogen-bond acceptors (Lipinski definition) is 6. The molecule has 8 nitrogen and oxygen atoms in total. The molecule has 3 N–H and O–H groups in total. The van der Waals surface area contributed by atoms with Crippen LogP contribution in [0.3, 0.4) is 0 Å². The molecule has 4 heterocycles. The average Bonchev–Trinajstić information content (AvgIpc) is 3.33. The van der Waals surface area contributed by atoms with Crippen molar-refractivity contribution in [3.05, 3.63) is 34.9 Å². The lowest BCUT2D eigenvalue weighted by Crippen LogP contribution is -2.52. The van der Waals surface area contributed by atoms with E-state index < -0.39 is 6.04 Å². The van der Waals surface area contributed by atoms with E-state index in [1.54, 1.807) is 4.90 Å². The normalized spacial score (nSPS) is 31.9. The Bertz CT molecular complexity index is 887. The first-order chi connectivity index (χ1) is 14.0. The first-order valence-corrected chi connectivity index (χ1v) is 10.3. The van der Waals surface area contributed by atoms with Crippen molar-refractivity contribution in [2.45, 2.75) is 44.0 Å². The van der Waals surface area contributed by atoms with E-state index in [2.05, 4.69) is 10.2 Å². The number of carbonyl (C=O) groups excluding carboxylic acids is 3. The van der Waals surface area contributed by atoms with Crippen molar-refractivity contribution in [1.29, 1.82) is 0 Å². The molecule has 1 aromatic carbocycles. The van der Waals surface area contributed by atoms with Gasteiger partial charge in [-0.1, -0.05) is 18.2 Å². The second-order valence-corrected chi connectivity index (χ2v) is 8.62. The van der Waals surface area contributed by atoms with Gasteiger partial charge in [0, 0.05) is 57.2 Å². The first-order valence-electron chi connectivity index (χ1n) is 10.3. The van der Waals surface area contributed by atoms with Crippen molar-refractivity contribution in [2.75, 3.05) is 26.2 Å². The number of nitrogens with zero attached hydrogens (tertiary/aromatic N) is 2. The van der Waals surface area contributed by atoms with Crippen LogP contribution in [-0.4, -0.2) is 65.4 Å². The number of fused-ring (bicyclic) bond motifs is 2. The van der Waals surface area contributed by atoms with Gasteiger partial charge in [0.15, 0.2) is 0 Å². The van der Waals surface area contributed by atoms with E-state index in [9.17, 15) is 14.4 Å². The monoisotopic (exact) mass is 398 g/mol. The molecule has 1 unspecified atom stereocenters. The molecule has 0 spiro atoms. The van der Waals surface area contributed by atoms with E-state index in [-0.39, 0.29) is 29.7 Å². The lowest BCUT2D eigenvalue weighted by Gasteiger charge is -2.29. The zero-order chi connectivity index (χ0) is 20.2. The lowest BCUT2D eigenvalue weighted by atomic mass is 9.91. The number of nitrogens with one attached hydrogen (secondary N) is 1. The van der Waals surface area contributed by atoms with Crippen LogP contribution in [0.1, 0.15) is 40.7 Å². The number of imide groups is 1. The van der Waals surface area contributed by atoms with Gasteiger partial charge in [0.05, 0.1) is 5.60 Å². The Labute approximate surface area is 169 Å². The number of likely N-dealkylation sites (tertiary alicyclic amines) is 1. The number of hydrogen-bond donors (Lipinski definition) is 2. The molecular weight excluding hydrogens is 372 g/mol. The summed E-state index contributed by atoms with van der Waals surface area (Å²) >= 11 is 0. The van der Waals surface area contributed by atoms with Crippen molar-refractivity contribution in [3.63, 3.8) is 0 Å². The molecule has 3 amide bonds. The predicted octanol–water partition coefficient (Wildman–Crippen LogP) is -0.00280. The van der Waals surface area contributed by atoms with Gasteiger partial charge in [0.25, 0.3) is 5.91 Å². The van der Waals surface area contributed by atoms with Crippen LogP contribution in [-0.2, 0) is 27.4 Å². The van der Waals surface area contributed by atoms with Crippen LogP contribution < -0.4 is 11.1 Å². The minimum atomic E-state index is -0.583. The number of amides is 3. The Morgan fingerprint density at radius 1 is 1.24 bits per heavy atom. The molecule has 4 aliphatic heterocycles. The number of benzene rings is 1. The number of nitrogens with two attached hydrogens (primary N) is 1. The summed E-state index contributed by atoms with van der Waals surface area (Å²) in [5.74, 6) is -0.320. The lowest BCUT2D eigenvalue weighted by molar-refractivity contribution is -0.136. The summed E-state index contributed by atoms with van der Waals surface area (Å²) < 4.78 is 6.00. The fourth-order valence-electron chi connectivity index (χ4n) is 5.45. The van der Waals surface area contributed by atoms with Crippen LogP contribution in [0.5, 0.6) is 0 Å². The summed E-state index contributed by atoms with van der Waals surface area (Å²) in [6.07, 6.45) is 1.67. The topological polar surface area (TPSA) is 105 Å². The highest BCUT2D eigenvalue weighted by Gasteiger charge is 2.50. The maximum absolute atomic E-state index is 13.2. The van der Waals surface area contributed by atoms with Gasteiger partial charge in [-0.3, -0.25) is 24.6 Å². The van der Waals surface area contributed by atoms with Crippen molar-refractivity contribution in [3.8, 4) is 0 Å². The number of ether oxygens (including phenoxy) is 1. The maximum Gasteiger partial charge on any atom is 0.255 e. The van der Waals surface area contributed by atoms with E-state index in [0.29, 0.717) is 37.5 Å². The molecule has 3 atom stereocenters. The van der Waals surface area contributed by atoms with Gasteiger partial charge in [-0.05, 0) is 24.0 Å². The van der Waals surface area contributed by atoms with E-state index in [0.717, 1.165) is 37.2 Å². The van der Waals surface area contributed by atoms with Gasteiger partial charge in [0.1, 0.15) is 6.04 Å². The fourth-order valence-corrected chi connectivity index (χ4v) is 5.45. The molecule has 5 rings (SSSR count). The average molecular weight is 398 g/mol. The molecule has 0 saturated carbocycles. The highest BCUT2D eigenvalue weighted by Crippen LogP contribution is 2.39. The van der Waals surface area contributed by atoms with E-state index in [1.165, 1.54) is 0 Å². The third-order valence-electron chi connectivity index (χ3n) is 6.95. The molecule has 8 heteroatoms. The van der Waals surface area contributed by atoms with Crippen molar-refractivity contribution >= 4 is 17.7 Å². The van der Waals surface area contributed by atoms with Crippen LogP contribution in [0.15, 0.2) is 18.2 Å². The first kappa shape index (κ1) is 18.7. The van der Waals surface area contributed by atoms with Gasteiger partial charge in [-0.15, -0.1) is 0 Å². The fraction of sp³-hybridized carbons (Fsp3) is 0.571. The van der Waals surface area contributed by atoms with Gasteiger partial charge in [-0.25, -0.2) is 0 Å². The maximum atomic E-state index is 13.2. The summed E-state index contributed by atoms with van der Waals surface area (Å²) in [4.78, 5) is 40.9. The molecule has 0 aliphatic carbocycles. The molecule has 4 aliphatic rings. The second-order valence-electron chi connectivity index (χ2n) is 8.62. The van der Waals surface area contributed by atoms with Crippen LogP contribution in [0.25, 0.3) is 0 Å². The third-order valence-corrected chi connectivity index (χ3v) is 6.95. The van der Waals surface area contributed by atoms with Gasteiger partial charge in [-0.2, -0.15) is 0 Å². The Hall–Kier alpha value is -2.29. The Morgan fingerprint density at radius 3 is 2.86 bits per heavy atom. The zero-order valence-electron chi connectivity index (χ0n) is 16.4. The molecule has 3 saturated heterocycles. The largest absolute Gasteiger partial charge is 0.372 e. The standard InChI is InChI=1S/C21H26N4O4/c22-11-21-12-24(10-15(21)6-7-29-21)8-13-2-1-3-14-9-25(20(28)18(13)14)16-4-5-17(26)23-19(16)27/h1-3,15-16H,4-12,22H2,(H,23,26,27)/t15-,16?,21+/m1/s1. The van der Waals surface area contributed by atoms with Crippen molar-refractivity contribution in [2.24, 2.45) is 11.7 Å². The smallest absolute Gasteiger partial charge is 0.255 e. The van der Waals surface area contributed by atoms with E-state index in [1.807, 2.05) is 18.2 Å². The van der Waals surface area contributed by atoms with Crippen LogP contribution in [0.2, 0.25) is 0 Å². The molecule has 1 aromatic rings. The SMILES string of the molecule is NC[C@]12CN(Cc3cccc4c3C(=O)N(C3CCC(=O)NC3=O)C4)C[C@H]1CCO2. The minimum Gasteiger partial charge on any atom is -0.372 e. The van der Waals surface area contributed by atoms with Gasteiger partial charge in [0.2, 0.25) is 11.8 Å². The quantitative estimate of drug-likeness (QED) is 0.692. The minimum absolute atomic E-state index is 0.116. The summed E-state index contributed by atoms with van der Waals surface area (Å²) in [5, 5.41) is 2.35. The molecule has 0 radical (unpaired) electrons. The summed E-state index contributed by atoms with van der Waals surface area (Å²) in [5.41, 5.74) is 8.41. The third kappa shape index (κ3) is 2.97. The van der Waals surface area contributed by atoms with E-state index >= 15 is 0 Å². The Morgan fingerprint density at radius 2 is 2.10 bits per heavy atom. The number of carbonyl (C=O) groups is 3. The zero-order valence-corrected chi connectivity index (χ0v) is 16.4. The van der Waals surface area contributed by atoms with E-state index in [4.69, 9.17) is 10.5 Å². The second kappa shape index (κ2) is 6.90. The molecule has 0 bridgehead atoms.